The van der Waals surface area contributed by atoms with E-state index in [0.29, 0.717) is 57.9 Å². The van der Waals surface area contributed by atoms with E-state index in [1.54, 1.807) is 0 Å². The third-order valence-electron chi connectivity index (χ3n) is 5.66. The Labute approximate surface area is 205 Å². The first-order chi connectivity index (χ1) is 14.8. The van der Waals surface area contributed by atoms with Gasteiger partial charge in [-0.05, 0) is 37.3 Å². The maximum atomic E-state index is 12.6. The molecule has 3 rings (SSSR count). The monoisotopic (exact) mass is 567 g/mol. The molecule has 0 spiro atoms. The molecule has 1 amide bonds. The van der Waals surface area contributed by atoms with Crippen molar-refractivity contribution in [3.63, 3.8) is 0 Å². The van der Waals surface area contributed by atoms with Crippen LogP contribution in [0.4, 0.5) is 13.2 Å². The Balaban J connectivity index is 0.00000363. The number of carbonyl (C=O) groups excluding carboxylic acids is 1. The number of hydrogen-bond donors (Lipinski definition) is 2. The zero-order valence-corrected chi connectivity index (χ0v) is 20.8. The summed E-state index contributed by atoms with van der Waals surface area (Å²) in [4.78, 5) is 20.4. The summed E-state index contributed by atoms with van der Waals surface area (Å²) in [7, 11) is 0. The number of benzene rings is 1. The van der Waals surface area contributed by atoms with Gasteiger partial charge in [0, 0.05) is 51.7 Å². The van der Waals surface area contributed by atoms with Crippen LogP contribution in [0, 0.1) is 0 Å². The summed E-state index contributed by atoms with van der Waals surface area (Å²) < 4.78 is 37.7. The zero-order chi connectivity index (χ0) is 22.3. The van der Waals surface area contributed by atoms with Crippen molar-refractivity contribution in [2.75, 3.05) is 39.3 Å². The van der Waals surface area contributed by atoms with Crippen molar-refractivity contribution in [2.45, 2.75) is 51.4 Å². The SMILES string of the molecule is CCNC(=NCCCC(=O)N1CCc2ccccc2C1)NC1CCN(CC(F)(F)F)C1.I. The third-order valence-corrected chi connectivity index (χ3v) is 5.66. The highest BCUT2D eigenvalue weighted by Gasteiger charge is 2.34. The normalized spacial score (nSPS) is 19.3. The Hall–Kier alpha value is -1.56. The van der Waals surface area contributed by atoms with E-state index in [2.05, 4.69) is 27.8 Å². The van der Waals surface area contributed by atoms with Gasteiger partial charge in [-0.25, -0.2) is 0 Å². The van der Waals surface area contributed by atoms with Gasteiger partial charge >= 0.3 is 6.18 Å². The van der Waals surface area contributed by atoms with Crippen molar-refractivity contribution < 1.29 is 18.0 Å². The molecule has 1 aromatic carbocycles. The number of fused-ring (bicyclic) bond motifs is 1. The van der Waals surface area contributed by atoms with Crippen LogP contribution in [-0.2, 0) is 17.8 Å². The van der Waals surface area contributed by atoms with Crippen LogP contribution in [0.3, 0.4) is 0 Å². The third kappa shape index (κ3) is 8.42. The number of aliphatic imine (C=N–C) groups is 1. The first kappa shape index (κ1) is 26.7. The lowest BCUT2D eigenvalue weighted by Crippen LogP contribution is -2.45. The molecule has 1 atom stereocenters. The van der Waals surface area contributed by atoms with E-state index in [1.165, 1.54) is 16.0 Å². The van der Waals surface area contributed by atoms with Crippen LogP contribution in [0.2, 0.25) is 0 Å². The smallest absolute Gasteiger partial charge is 0.357 e. The molecular weight excluding hydrogens is 534 g/mol. The first-order valence-corrected chi connectivity index (χ1v) is 11.0. The molecule has 0 radical (unpaired) electrons. The maximum Gasteiger partial charge on any atom is 0.401 e. The van der Waals surface area contributed by atoms with E-state index in [0.717, 1.165) is 13.0 Å². The predicted octanol–water partition coefficient (Wildman–Crippen LogP) is 3.16. The van der Waals surface area contributed by atoms with E-state index in [1.807, 2.05) is 24.0 Å². The molecule has 0 aliphatic carbocycles. The van der Waals surface area contributed by atoms with E-state index in [4.69, 9.17) is 0 Å². The number of amides is 1. The van der Waals surface area contributed by atoms with Crippen LogP contribution in [0.15, 0.2) is 29.3 Å². The molecular formula is C22H33F3IN5O. The molecule has 1 saturated heterocycles. The molecule has 32 heavy (non-hydrogen) atoms. The summed E-state index contributed by atoms with van der Waals surface area (Å²) in [5.41, 5.74) is 2.54. The topological polar surface area (TPSA) is 60.0 Å². The van der Waals surface area contributed by atoms with Crippen molar-refractivity contribution in [2.24, 2.45) is 4.99 Å². The van der Waals surface area contributed by atoms with Gasteiger partial charge in [-0.15, -0.1) is 24.0 Å². The number of alkyl halides is 3. The highest BCUT2D eigenvalue weighted by molar-refractivity contribution is 14.0. The molecule has 2 aliphatic heterocycles. The second kappa shape index (κ2) is 12.6. The molecule has 0 saturated carbocycles. The average molecular weight is 567 g/mol. The lowest BCUT2D eigenvalue weighted by Gasteiger charge is -2.29. The molecule has 2 heterocycles. The van der Waals surface area contributed by atoms with E-state index >= 15 is 0 Å². The van der Waals surface area contributed by atoms with Gasteiger partial charge in [0.2, 0.25) is 5.91 Å². The van der Waals surface area contributed by atoms with Crippen LogP contribution in [-0.4, -0.2) is 73.2 Å². The number of nitrogens with one attached hydrogen (secondary N) is 2. The fourth-order valence-electron chi connectivity index (χ4n) is 4.15. The van der Waals surface area contributed by atoms with Gasteiger partial charge in [-0.2, -0.15) is 13.2 Å². The van der Waals surface area contributed by atoms with Crippen molar-refractivity contribution >= 4 is 35.8 Å². The molecule has 10 heteroatoms. The Kier molecular flexibility index (Phi) is 10.5. The summed E-state index contributed by atoms with van der Waals surface area (Å²) in [6.07, 6.45) is -1.56. The fourth-order valence-corrected chi connectivity index (χ4v) is 4.15. The summed E-state index contributed by atoms with van der Waals surface area (Å²) in [6, 6.07) is 8.17. The highest BCUT2D eigenvalue weighted by Crippen LogP contribution is 2.20. The number of rotatable bonds is 7. The first-order valence-electron chi connectivity index (χ1n) is 11.0. The second-order valence-electron chi connectivity index (χ2n) is 8.18. The Morgan fingerprint density at radius 1 is 1.22 bits per heavy atom. The predicted molar refractivity (Wildman–Crippen MR) is 130 cm³/mol. The van der Waals surface area contributed by atoms with E-state index in [9.17, 15) is 18.0 Å². The molecule has 2 N–H and O–H groups in total. The molecule has 1 aromatic rings. The van der Waals surface area contributed by atoms with Gasteiger partial charge in [-0.3, -0.25) is 14.7 Å². The van der Waals surface area contributed by atoms with Gasteiger partial charge in [0.25, 0.3) is 0 Å². The van der Waals surface area contributed by atoms with Crippen molar-refractivity contribution in [3.8, 4) is 0 Å². The second-order valence-corrected chi connectivity index (χ2v) is 8.18. The maximum absolute atomic E-state index is 12.6. The minimum atomic E-state index is -4.17. The van der Waals surface area contributed by atoms with Crippen LogP contribution in [0.25, 0.3) is 0 Å². The molecule has 1 unspecified atom stereocenters. The number of guanidine groups is 1. The summed E-state index contributed by atoms with van der Waals surface area (Å²) >= 11 is 0. The van der Waals surface area contributed by atoms with Gasteiger partial charge in [0.05, 0.1) is 6.54 Å². The fraction of sp³-hybridized carbons (Fsp3) is 0.636. The van der Waals surface area contributed by atoms with Crippen LogP contribution in [0.1, 0.15) is 37.3 Å². The Morgan fingerprint density at radius 2 is 1.97 bits per heavy atom. The van der Waals surface area contributed by atoms with Crippen LogP contribution in [0.5, 0.6) is 0 Å². The minimum absolute atomic E-state index is 0. The van der Waals surface area contributed by atoms with Crippen LogP contribution >= 0.6 is 24.0 Å². The van der Waals surface area contributed by atoms with Gasteiger partial charge in [0.1, 0.15) is 0 Å². The lowest BCUT2D eigenvalue weighted by molar-refractivity contribution is -0.143. The van der Waals surface area contributed by atoms with Crippen molar-refractivity contribution in [3.05, 3.63) is 35.4 Å². The molecule has 0 bridgehead atoms. The molecule has 6 nitrogen and oxygen atoms in total. The molecule has 2 aliphatic rings. The van der Waals surface area contributed by atoms with Crippen molar-refractivity contribution in [1.29, 1.82) is 0 Å². The van der Waals surface area contributed by atoms with Crippen molar-refractivity contribution in [1.82, 2.24) is 20.4 Å². The summed E-state index contributed by atoms with van der Waals surface area (Å²) in [5.74, 6) is 0.738. The highest BCUT2D eigenvalue weighted by atomic mass is 127. The zero-order valence-electron chi connectivity index (χ0n) is 18.5. The number of halogens is 4. The average Bonchev–Trinajstić information content (AvgIpc) is 3.15. The van der Waals surface area contributed by atoms with Gasteiger partial charge in [-0.1, -0.05) is 24.3 Å². The molecule has 1 fully saturated rings. The summed E-state index contributed by atoms with van der Waals surface area (Å²) in [5, 5.41) is 6.37. The molecule has 180 valence electrons. The number of hydrogen-bond acceptors (Lipinski definition) is 3. The number of carbonyl (C=O) groups is 1. The lowest BCUT2D eigenvalue weighted by atomic mass is 9.99. The Morgan fingerprint density at radius 3 is 2.69 bits per heavy atom. The van der Waals surface area contributed by atoms with E-state index < -0.39 is 12.7 Å². The van der Waals surface area contributed by atoms with Gasteiger partial charge < -0.3 is 15.5 Å². The Bertz CT molecular complexity index is 774. The number of nitrogens with zero attached hydrogens (tertiary/aromatic N) is 3. The summed E-state index contributed by atoms with van der Waals surface area (Å²) in [6.45, 7) is 4.41. The van der Waals surface area contributed by atoms with Gasteiger partial charge in [0.15, 0.2) is 5.96 Å². The standard InChI is InChI=1S/C22H32F3N5O.HI/c1-2-26-21(28-19-10-12-29(15-19)16-22(23,24)25)27-11-5-8-20(31)30-13-9-17-6-3-4-7-18(17)14-30;/h3-4,6-7,19H,2,5,8-16H2,1H3,(H2,26,27,28);1H. The number of likely N-dealkylation sites (tertiary alicyclic amines) is 1. The van der Waals surface area contributed by atoms with Crippen LogP contribution < -0.4 is 10.6 Å². The quantitative estimate of drug-likeness (QED) is 0.230. The minimum Gasteiger partial charge on any atom is -0.357 e. The molecule has 0 aromatic heterocycles. The largest absolute Gasteiger partial charge is 0.401 e. The van der Waals surface area contributed by atoms with E-state index in [-0.39, 0.29) is 35.9 Å².